The smallest absolute Gasteiger partial charge is 0.251 e. The Morgan fingerprint density at radius 2 is 1.74 bits per heavy atom. The van der Waals surface area contributed by atoms with Crippen LogP contribution < -0.4 is 11.1 Å². The summed E-state index contributed by atoms with van der Waals surface area (Å²) in [7, 11) is 0. The number of halogens is 1. The molecule has 1 atom stereocenters. The van der Waals surface area contributed by atoms with E-state index in [2.05, 4.69) is 5.32 Å². The minimum atomic E-state index is -0.842. The van der Waals surface area contributed by atoms with Gasteiger partial charge in [0.05, 0.1) is 11.6 Å². The topological polar surface area (TPSA) is 96.0 Å². The van der Waals surface area contributed by atoms with Crippen molar-refractivity contribution in [2.45, 2.75) is 12.5 Å². The number of nitriles is 1. The molecule has 0 aliphatic carbocycles. The van der Waals surface area contributed by atoms with Crippen LogP contribution in [0.3, 0.4) is 0 Å². The van der Waals surface area contributed by atoms with Gasteiger partial charge in [0.2, 0.25) is 5.91 Å². The molecule has 0 aromatic heterocycles. The van der Waals surface area contributed by atoms with Crippen molar-refractivity contribution in [3.05, 3.63) is 70.2 Å². The molecule has 2 aromatic rings. The molecule has 3 N–H and O–H groups in total. The molecule has 0 fully saturated rings. The van der Waals surface area contributed by atoms with Crippen LogP contribution in [0.5, 0.6) is 0 Å². The number of benzene rings is 2. The first-order valence-electron chi connectivity index (χ1n) is 6.84. The maximum absolute atomic E-state index is 12.2. The summed E-state index contributed by atoms with van der Waals surface area (Å²) >= 11 is 5.78. The molecule has 0 saturated carbocycles. The number of primary amides is 1. The van der Waals surface area contributed by atoms with Gasteiger partial charge in [0, 0.05) is 17.0 Å². The minimum absolute atomic E-state index is 0.250. The highest BCUT2D eigenvalue weighted by molar-refractivity contribution is 6.30. The van der Waals surface area contributed by atoms with E-state index in [-0.39, 0.29) is 6.42 Å². The van der Waals surface area contributed by atoms with Gasteiger partial charge in [-0.05, 0) is 42.0 Å². The average molecular weight is 328 g/mol. The third-order valence-electron chi connectivity index (χ3n) is 3.28. The molecule has 23 heavy (non-hydrogen) atoms. The number of carbonyl (C=O) groups excluding carboxylic acids is 2. The number of hydrogen-bond donors (Lipinski definition) is 2. The van der Waals surface area contributed by atoms with Crippen LogP contribution in [0.25, 0.3) is 0 Å². The molecule has 0 unspecified atom stereocenters. The van der Waals surface area contributed by atoms with Crippen LogP contribution in [0.15, 0.2) is 48.5 Å². The van der Waals surface area contributed by atoms with E-state index in [9.17, 15) is 9.59 Å². The molecule has 2 aromatic carbocycles. The van der Waals surface area contributed by atoms with Gasteiger partial charge < -0.3 is 11.1 Å². The van der Waals surface area contributed by atoms with Crippen molar-refractivity contribution in [2.24, 2.45) is 5.73 Å². The molecule has 2 rings (SSSR count). The number of nitrogens with two attached hydrogens (primary N) is 1. The quantitative estimate of drug-likeness (QED) is 0.879. The molecule has 0 spiro atoms. The second-order valence-electron chi connectivity index (χ2n) is 4.95. The SMILES string of the molecule is N#Cc1ccc(C[C@@H](NC(=O)c2ccc(Cl)cc2)C(N)=O)cc1. The molecule has 2 amide bonds. The Bertz CT molecular complexity index is 749. The molecular weight excluding hydrogens is 314 g/mol. The summed E-state index contributed by atoms with van der Waals surface area (Å²) in [5.41, 5.74) is 7.07. The fraction of sp³-hybridized carbons (Fsp3) is 0.118. The summed E-state index contributed by atoms with van der Waals surface area (Å²) < 4.78 is 0. The van der Waals surface area contributed by atoms with Gasteiger partial charge in [0.1, 0.15) is 6.04 Å². The first-order chi connectivity index (χ1) is 11.0. The second-order valence-corrected chi connectivity index (χ2v) is 5.38. The van der Waals surface area contributed by atoms with Crippen LogP contribution in [0.4, 0.5) is 0 Å². The van der Waals surface area contributed by atoms with Gasteiger partial charge in [-0.3, -0.25) is 9.59 Å². The normalized spacial score (nSPS) is 11.3. The molecule has 0 heterocycles. The van der Waals surface area contributed by atoms with Crippen molar-refractivity contribution in [3.63, 3.8) is 0 Å². The Balaban J connectivity index is 2.09. The Morgan fingerprint density at radius 3 is 2.26 bits per heavy atom. The van der Waals surface area contributed by atoms with Crippen molar-refractivity contribution in [1.82, 2.24) is 5.32 Å². The zero-order valence-corrected chi connectivity index (χ0v) is 12.9. The number of carbonyl (C=O) groups is 2. The Labute approximate surface area is 138 Å². The molecule has 116 valence electrons. The first kappa shape index (κ1) is 16.5. The van der Waals surface area contributed by atoms with Crippen LogP contribution in [0.1, 0.15) is 21.5 Å². The van der Waals surface area contributed by atoms with Gasteiger partial charge >= 0.3 is 0 Å². The lowest BCUT2D eigenvalue weighted by molar-refractivity contribution is -0.119. The second kappa shape index (κ2) is 7.43. The van der Waals surface area contributed by atoms with E-state index in [0.717, 1.165) is 5.56 Å². The molecule has 5 nitrogen and oxygen atoms in total. The largest absolute Gasteiger partial charge is 0.368 e. The Kier molecular flexibility index (Phi) is 5.34. The number of amides is 2. The van der Waals surface area contributed by atoms with Crippen molar-refractivity contribution in [2.75, 3.05) is 0 Å². The summed E-state index contributed by atoms with van der Waals surface area (Å²) in [5.74, 6) is -1.03. The number of nitrogens with zero attached hydrogens (tertiary/aromatic N) is 1. The van der Waals surface area contributed by atoms with Gasteiger partial charge in [-0.25, -0.2) is 0 Å². The number of nitrogens with one attached hydrogen (secondary N) is 1. The van der Waals surface area contributed by atoms with E-state index in [1.165, 1.54) is 0 Å². The maximum Gasteiger partial charge on any atom is 0.251 e. The first-order valence-corrected chi connectivity index (χ1v) is 7.22. The molecule has 0 radical (unpaired) electrons. The Hall–Kier alpha value is -2.84. The molecule has 0 bridgehead atoms. The van der Waals surface area contributed by atoms with Crippen LogP contribution in [-0.2, 0) is 11.2 Å². The minimum Gasteiger partial charge on any atom is -0.368 e. The van der Waals surface area contributed by atoms with Gasteiger partial charge in [-0.2, -0.15) is 5.26 Å². The lowest BCUT2D eigenvalue weighted by Crippen LogP contribution is -2.45. The Morgan fingerprint density at radius 1 is 1.13 bits per heavy atom. The highest BCUT2D eigenvalue weighted by atomic mass is 35.5. The zero-order chi connectivity index (χ0) is 16.8. The van der Waals surface area contributed by atoms with E-state index in [0.29, 0.717) is 16.1 Å². The van der Waals surface area contributed by atoms with Crippen LogP contribution >= 0.6 is 11.6 Å². The molecule has 0 aliphatic heterocycles. The molecular formula is C17H14ClN3O2. The average Bonchev–Trinajstić information content (AvgIpc) is 2.55. The van der Waals surface area contributed by atoms with Crippen molar-refractivity contribution >= 4 is 23.4 Å². The van der Waals surface area contributed by atoms with Crippen LogP contribution in [0, 0.1) is 11.3 Å². The monoisotopic (exact) mass is 327 g/mol. The van der Waals surface area contributed by atoms with E-state index in [4.69, 9.17) is 22.6 Å². The van der Waals surface area contributed by atoms with E-state index < -0.39 is 17.9 Å². The lowest BCUT2D eigenvalue weighted by atomic mass is 10.0. The van der Waals surface area contributed by atoms with Gasteiger partial charge in [0.25, 0.3) is 5.91 Å². The molecule has 0 saturated heterocycles. The highest BCUT2D eigenvalue weighted by Gasteiger charge is 2.19. The fourth-order valence-electron chi connectivity index (χ4n) is 2.02. The maximum atomic E-state index is 12.2. The predicted molar refractivity (Wildman–Crippen MR) is 86.8 cm³/mol. The third-order valence-corrected chi connectivity index (χ3v) is 3.53. The number of hydrogen-bond acceptors (Lipinski definition) is 3. The highest BCUT2D eigenvalue weighted by Crippen LogP contribution is 2.11. The van der Waals surface area contributed by atoms with Gasteiger partial charge in [0.15, 0.2) is 0 Å². The van der Waals surface area contributed by atoms with Crippen molar-refractivity contribution < 1.29 is 9.59 Å². The molecule has 6 heteroatoms. The van der Waals surface area contributed by atoms with E-state index >= 15 is 0 Å². The summed E-state index contributed by atoms with van der Waals surface area (Å²) in [6, 6.07) is 14.2. The summed E-state index contributed by atoms with van der Waals surface area (Å²) in [4.78, 5) is 23.7. The van der Waals surface area contributed by atoms with Gasteiger partial charge in [-0.1, -0.05) is 23.7 Å². The van der Waals surface area contributed by atoms with E-state index in [1.807, 2.05) is 6.07 Å². The van der Waals surface area contributed by atoms with E-state index in [1.54, 1.807) is 48.5 Å². The van der Waals surface area contributed by atoms with Crippen molar-refractivity contribution in [1.29, 1.82) is 5.26 Å². The molecule has 0 aliphatic rings. The third kappa shape index (κ3) is 4.56. The number of rotatable bonds is 5. The predicted octanol–water partition coefficient (Wildman–Crippen LogP) is 2.04. The summed E-state index contributed by atoms with van der Waals surface area (Å²) in [6.07, 6.45) is 0.250. The zero-order valence-electron chi connectivity index (χ0n) is 12.1. The summed E-state index contributed by atoms with van der Waals surface area (Å²) in [5, 5.41) is 11.9. The summed E-state index contributed by atoms with van der Waals surface area (Å²) in [6.45, 7) is 0. The standard InChI is InChI=1S/C17H14ClN3O2/c18-14-7-5-13(6-8-14)17(23)21-15(16(20)22)9-11-1-3-12(10-19)4-2-11/h1-8,15H,9H2,(H2,20,22)(H,21,23)/t15-/m1/s1. The van der Waals surface area contributed by atoms with Gasteiger partial charge in [-0.15, -0.1) is 0 Å². The van der Waals surface area contributed by atoms with Crippen LogP contribution in [0.2, 0.25) is 5.02 Å². The van der Waals surface area contributed by atoms with Crippen LogP contribution in [-0.4, -0.2) is 17.9 Å². The van der Waals surface area contributed by atoms with Crippen molar-refractivity contribution in [3.8, 4) is 6.07 Å². The fourth-order valence-corrected chi connectivity index (χ4v) is 2.14. The lowest BCUT2D eigenvalue weighted by Gasteiger charge is -2.15.